The fourth-order valence-corrected chi connectivity index (χ4v) is 4.42. The molecule has 1 fully saturated rings. The Hall–Kier alpha value is -2.47. The molecule has 1 amide bonds. The molecule has 2 aliphatic heterocycles. The Balaban J connectivity index is 1.55. The van der Waals surface area contributed by atoms with Crippen molar-refractivity contribution in [1.82, 2.24) is 10.4 Å². The van der Waals surface area contributed by atoms with Gasteiger partial charge in [0.05, 0.1) is 28.8 Å². The van der Waals surface area contributed by atoms with Gasteiger partial charge in [-0.2, -0.15) is 13.2 Å². The number of carbonyl (C=O) groups is 1. The number of benzene rings is 2. The van der Waals surface area contributed by atoms with Gasteiger partial charge in [0.2, 0.25) is 5.60 Å². The lowest BCUT2D eigenvalue weighted by molar-refractivity contribution is -0.269. The van der Waals surface area contributed by atoms with Crippen LogP contribution in [0.1, 0.15) is 23.6 Å². The van der Waals surface area contributed by atoms with E-state index in [4.69, 9.17) is 45.0 Å². The van der Waals surface area contributed by atoms with Crippen molar-refractivity contribution in [3.8, 4) is 0 Å². The van der Waals surface area contributed by atoms with Crippen LogP contribution in [0.3, 0.4) is 0 Å². The molecule has 2 aromatic carbocycles. The van der Waals surface area contributed by atoms with Crippen LogP contribution < -0.4 is 5.48 Å². The zero-order valence-electron chi connectivity index (χ0n) is 18.4. The Morgan fingerprint density at radius 2 is 1.75 bits per heavy atom. The molecule has 0 bridgehead atoms. The van der Waals surface area contributed by atoms with Gasteiger partial charge in [0.15, 0.2) is 23.1 Å². The van der Waals surface area contributed by atoms with Gasteiger partial charge in [0.1, 0.15) is 0 Å². The van der Waals surface area contributed by atoms with Crippen LogP contribution in [-0.2, 0) is 25.6 Å². The van der Waals surface area contributed by atoms with Gasteiger partial charge < -0.3 is 9.64 Å². The van der Waals surface area contributed by atoms with E-state index in [1.807, 2.05) is 0 Å². The molecule has 192 valence electrons. The van der Waals surface area contributed by atoms with Crippen molar-refractivity contribution in [2.24, 2.45) is 0 Å². The van der Waals surface area contributed by atoms with Gasteiger partial charge in [-0.05, 0) is 41.6 Å². The second-order valence-corrected chi connectivity index (χ2v) is 9.71. The van der Waals surface area contributed by atoms with Crippen LogP contribution in [-0.4, -0.2) is 41.7 Å². The number of hydrogen-bond donors (Lipinski definition) is 1. The van der Waals surface area contributed by atoms with Crippen molar-refractivity contribution < 1.29 is 36.3 Å². The van der Waals surface area contributed by atoms with Crippen LogP contribution in [0.2, 0.25) is 10.0 Å². The first-order valence-electron chi connectivity index (χ1n) is 10.4. The molecule has 4 rings (SSSR count). The molecule has 36 heavy (non-hydrogen) atoms. The first kappa shape index (κ1) is 26.6. The Bertz CT molecular complexity index is 1230. The molecule has 0 aromatic heterocycles. The van der Waals surface area contributed by atoms with Crippen molar-refractivity contribution in [3.05, 3.63) is 75.0 Å². The van der Waals surface area contributed by atoms with E-state index in [1.165, 1.54) is 36.1 Å². The van der Waals surface area contributed by atoms with Gasteiger partial charge in [0, 0.05) is 12.5 Å². The van der Waals surface area contributed by atoms with E-state index in [-0.39, 0.29) is 41.6 Å². The van der Waals surface area contributed by atoms with Crippen LogP contribution in [0, 0.1) is 5.82 Å². The number of likely N-dealkylation sites (tertiary alicyclic amines) is 1. The average Bonchev–Trinajstić information content (AvgIpc) is 3.26. The lowest BCUT2D eigenvalue weighted by atomic mass is 9.87. The fraction of sp³-hybridized carbons (Fsp3) is 0.304. The van der Waals surface area contributed by atoms with Crippen LogP contribution >= 0.6 is 35.4 Å². The summed E-state index contributed by atoms with van der Waals surface area (Å²) < 4.78 is 76.4. The third-order valence-corrected chi connectivity index (χ3v) is 6.52. The van der Waals surface area contributed by atoms with E-state index in [1.54, 1.807) is 0 Å². The predicted octanol–water partition coefficient (Wildman–Crippen LogP) is 5.84. The number of halogens is 7. The van der Waals surface area contributed by atoms with Crippen molar-refractivity contribution in [2.45, 2.75) is 24.4 Å². The van der Waals surface area contributed by atoms with Crippen LogP contribution in [0.25, 0.3) is 5.70 Å². The van der Waals surface area contributed by atoms with Crippen LogP contribution in [0.4, 0.5) is 22.0 Å². The molecule has 1 N–H and O–H groups in total. The molecule has 0 radical (unpaired) electrons. The number of rotatable bonds is 5. The van der Waals surface area contributed by atoms with E-state index >= 15 is 4.39 Å². The maximum atomic E-state index is 15.2. The van der Waals surface area contributed by atoms with Crippen molar-refractivity contribution in [3.63, 3.8) is 0 Å². The highest BCUT2D eigenvalue weighted by Gasteiger charge is 2.60. The maximum absolute atomic E-state index is 15.2. The summed E-state index contributed by atoms with van der Waals surface area (Å²) in [6, 6.07) is 7.23. The van der Waals surface area contributed by atoms with E-state index in [0.717, 1.165) is 18.2 Å². The van der Waals surface area contributed by atoms with Gasteiger partial charge in [-0.15, -0.1) is 0 Å². The summed E-state index contributed by atoms with van der Waals surface area (Å²) in [5.41, 5.74) is -2.63. The second-order valence-electron chi connectivity index (χ2n) is 8.32. The normalized spacial score (nSPS) is 20.9. The zero-order chi connectivity index (χ0) is 26.5. The topological polar surface area (TPSA) is 50.8 Å². The van der Waals surface area contributed by atoms with Gasteiger partial charge in [-0.25, -0.2) is 8.78 Å². The number of hydrogen-bond acceptors (Lipinski definition) is 5. The third-order valence-electron chi connectivity index (χ3n) is 5.85. The van der Waals surface area contributed by atoms with Crippen LogP contribution in [0.5, 0.6) is 0 Å². The highest BCUT2D eigenvalue weighted by Crippen LogP contribution is 2.48. The molecule has 0 spiro atoms. The number of nitrogens with one attached hydrogen (secondary N) is 1. The molecule has 5 nitrogen and oxygen atoms in total. The number of amides is 1. The zero-order valence-corrected chi connectivity index (χ0v) is 20.7. The minimum Gasteiger partial charge on any atom is -0.478 e. The number of thiocarbonyl (C=S) groups is 1. The summed E-state index contributed by atoms with van der Waals surface area (Å²) in [6.45, 7) is 0.842. The molecule has 2 heterocycles. The summed E-state index contributed by atoms with van der Waals surface area (Å²) >= 11 is 16.2. The summed E-state index contributed by atoms with van der Waals surface area (Å²) in [4.78, 5) is 18.3. The summed E-state index contributed by atoms with van der Waals surface area (Å²) in [5, 5.41) is -0.993. The van der Waals surface area contributed by atoms with E-state index in [0.29, 0.717) is 0 Å². The highest BCUT2D eigenvalue weighted by molar-refractivity contribution is 7.80. The summed E-state index contributed by atoms with van der Waals surface area (Å²) in [7, 11) is 0. The van der Waals surface area contributed by atoms with E-state index in [2.05, 4.69) is 5.48 Å². The largest absolute Gasteiger partial charge is 0.478 e. The van der Waals surface area contributed by atoms with Crippen molar-refractivity contribution >= 4 is 52.1 Å². The fourth-order valence-electron chi connectivity index (χ4n) is 3.88. The Morgan fingerprint density at radius 1 is 1.17 bits per heavy atom. The first-order chi connectivity index (χ1) is 16.8. The van der Waals surface area contributed by atoms with Gasteiger partial charge in [0.25, 0.3) is 5.91 Å². The van der Waals surface area contributed by atoms with Gasteiger partial charge in [-0.1, -0.05) is 47.5 Å². The lowest BCUT2D eigenvalue weighted by Crippen LogP contribution is -2.59. The Kier molecular flexibility index (Phi) is 6.97. The Morgan fingerprint density at radius 3 is 2.28 bits per heavy atom. The molecule has 2 aliphatic rings. The van der Waals surface area contributed by atoms with Gasteiger partial charge >= 0.3 is 6.18 Å². The van der Waals surface area contributed by atoms with Crippen molar-refractivity contribution in [1.29, 1.82) is 0 Å². The molecule has 13 heteroatoms. The minimum absolute atomic E-state index is 0.0542. The van der Waals surface area contributed by atoms with Crippen LogP contribution in [0.15, 0.2) is 42.5 Å². The number of hydroxylamine groups is 1. The molecular weight excluding hydrogens is 550 g/mol. The van der Waals surface area contributed by atoms with Crippen molar-refractivity contribution in [2.75, 3.05) is 19.7 Å². The Labute approximate surface area is 217 Å². The number of nitrogens with zero attached hydrogens (tertiary/aromatic N) is 1. The smallest absolute Gasteiger partial charge is 0.428 e. The lowest BCUT2D eigenvalue weighted by Gasteiger charge is -2.44. The SMILES string of the molecule is CC(=S)OCC(=O)N1CC(F)(c2ccc(C3=CC(c4cc(Cl)c(F)c(Cl)c4)(C(F)(F)F)ON3)cc2)C1. The second kappa shape index (κ2) is 9.44. The summed E-state index contributed by atoms with van der Waals surface area (Å²) in [6.07, 6.45) is -4.20. The highest BCUT2D eigenvalue weighted by atomic mass is 35.5. The number of ether oxygens (including phenoxy) is 1. The number of carbonyl (C=O) groups excluding carboxylic acids is 1. The van der Waals surface area contributed by atoms with E-state index < -0.39 is 44.8 Å². The molecule has 1 saturated heterocycles. The monoisotopic (exact) mass is 566 g/mol. The molecule has 0 aliphatic carbocycles. The van der Waals surface area contributed by atoms with Gasteiger partial charge in [-0.3, -0.25) is 15.1 Å². The minimum atomic E-state index is -4.97. The maximum Gasteiger partial charge on any atom is 0.428 e. The summed E-state index contributed by atoms with van der Waals surface area (Å²) in [5.74, 6) is -1.46. The third kappa shape index (κ3) is 4.77. The standard InChI is InChI=1S/C23H17Cl2F5N2O3S/c1-12(36)34-9-19(33)32-10-21(27,11-32)14-4-2-13(3-5-14)18-8-22(35-31-18,23(28,29)30)15-6-16(24)20(26)17(25)7-15/h2-8,31H,9-11H2,1H3. The predicted molar refractivity (Wildman–Crippen MR) is 126 cm³/mol. The molecule has 1 unspecified atom stereocenters. The first-order valence-corrected chi connectivity index (χ1v) is 11.5. The van der Waals surface area contributed by atoms with E-state index in [9.17, 15) is 22.4 Å². The number of alkyl halides is 4. The molecule has 2 aromatic rings. The molecular formula is C23H17Cl2F5N2O3S. The molecule has 1 atom stereocenters. The molecule has 0 saturated carbocycles. The quantitative estimate of drug-likeness (QED) is 0.280. The average molecular weight is 567 g/mol.